The largest absolute Gasteiger partial charge is 0.481 e. The van der Waals surface area contributed by atoms with E-state index >= 15 is 0 Å². The summed E-state index contributed by atoms with van der Waals surface area (Å²) in [5, 5.41) is 8.70. The normalized spacial score (nSPS) is 16.3. The van der Waals surface area contributed by atoms with Crippen molar-refractivity contribution in [3.63, 3.8) is 0 Å². The number of rotatable bonds is 6. The van der Waals surface area contributed by atoms with Gasteiger partial charge in [0.2, 0.25) is 10.0 Å². The van der Waals surface area contributed by atoms with Gasteiger partial charge in [-0.2, -0.15) is 0 Å². The molecule has 2 atom stereocenters. The molecule has 0 aromatic heterocycles. The van der Waals surface area contributed by atoms with Crippen LogP contribution in [0.3, 0.4) is 0 Å². The van der Waals surface area contributed by atoms with Gasteiger partial charge in [0, 0.05) is 6.04 Å². The molecule has 90 valence electrons. The number of hydrogen-bond acceptors (Lipinski definition) is 3. The fourth-order valence-electron chi connectivity index (χ4n) is 1.09. The van der Waals surface area contributed by atoms with Crippen molar-refractivity contribution in [3.05, 3.63) is 0 Å². The lowest BCUT2D eigenvalue weighted by molar-refractivity contribution is -0.141. The highest BCUT2D eigenvalue weighted by Crippen LogP contribution is 2.06. The van der Waals surface area contributed by atoms with Gasteiger partial charge in [-0.25, -0.2) is 13.1 Å². The third-order valence-corrected chi connectivity index (χ3v) is 3.89. The van der Waals surface area contributed by atoms with Gasteiger partial charge in [0.15, 0.2) is 0 Å². The number of carboxylic acids is 1. The predicted octanol–water partition coefficient (Wildman–Crippen LogP) is 0.671. The molecule has 0 heterocycles. The Balaban J connectivity index is 4.40. The minimum absolute atomic E-state index is 0.0175. The average molecular weight is 237 g/mol. The zero-order valence-electron chi connectivity index (χ0n) is 9.52. The SMILES string of the molecule is CC(C)CS(=O)(=O)NC(C)C(C)C(=O)O. The van der Waals surface area contributed by atoms with Crippen LogP contribution in [0.5, 0.6) is 0 Å². The van der Waals surface area contributed by atoms with E-state index in [0.717, 1.165) is 0 Å². The van der Waals surface area contributed by atoms with Crippen molar-refractivity contribution >= 4 is 16.0 Å². The van der Waals surface area contributed by atoms with E-state index in [2.05, 4.69) is 4.72 Å². The number of carbonyl (C=O) groups is 1. The van der Waals surface area contributed by atoms with Crippen molar-refractivity contribution in [2.75, 3.05) is 5.75 Å². The van der Waals surface area contributed by atoms with E-state index in [4.69, 9.17) is 5.11 Å². The molecular formula is C9H19NO4S. The Kier molecular flexibility index (Phi) is 5.23. The van der Waals surface area contributed by atoms with Crippen LogP contribution in [0.25, 0.3) is 0 Å². The van der Waals surface area contributed by atoms with Crippen LogP contribution in [0.15, 0.2) is 0 Å². The van der Waals surface area contributed by atoms with E-state index in [-0.39, 0.29) is 11.7 Å². The van der Waals surface area contributed by atoms with Gasteiger partial charge in [0.1, 0.15) is 0 Å². The third kappa shape index (κ3) is 5.74. The Morgan fingerprint density at radius 2 is 1.73 bits per heavy atom. The molecule has 15 heavy (non-hydrogen) atoms. The lowest BCUT2D eigenvalue weighted by Crippen LogP contribution is -2.41. The van der Waals surface area contributed by atoms with Crippen LogP contribution in [0.2, 0.25) is 0 Å². The molecule has 0 aromatic rings. The molecule has 0 fully saturated rings. The van der Waals surface area contributed by atoms with Crippen molar-refractivity contribution < 1.29 is 18.3 Å². The minimum Gasteiger partial charge on any atom is -0.481 e. The number of carboxylic acid groups (broad SMARTS) is 1. The Labute approximate surface area is 90.9 Å². The third-order valence-electron chi connectivity index (χ3n) is 2.06. The average Bonchev–Trinajstić information content (AvgIpc) is 1.98. The highest BCUT2D eigenvalue weighted by atomic mass is 32.2. The molecule has 6 heteroatoms. The molecular weight excluding hydrogens is 218 g/mol. The van der Waals surface area contributed by atoms with Crippen LogP contribution >= 0.6 is 0 Å². The molecule has 0 aromatic carbocycles. The molecule has 0 saturated carbocycles. The van der Waals surface area contributed by atoms with Crippen LogP contribution in [0.1, 0.15) is 27.7 Å². The maximum Gasteiger partial charge on any atom is 0.307 e. The highest BCUT2D eigenvalue weighted by molar-refractivity contribution is 7.89. The summed E-state index contributed by atoms with van der Waals surface area (Å²) in [5.74, 6) is -1.69. The van der Waals surface area contributed by atoms with Crippen LogP contribution < -0.4 is 4.72 Å². The molecule has 2 N–H and O–H groups in total. The second-order valence-corrected chi connectivity index (χ2v) is 6.01. The quantitative estimate of drug-likeness (QED) is 0.711. The summed E-state index contributed by atoms with van der Waals surface area (Å²) in [6.45, 7) is 6.62. The van der Waals surface area contributed by atoms with Gasteiger partial charge in [-0.3, -0.25) is 4.79 Å². The fraction of sp³-hybridized carbons (Fsp3) is 0.889. The summed E-state index contributed by atoms with van der Waals surface area (Å²) >= 11 is 0. The standard InChI is InChI=1S/C9H19NO4S/c1-6(2)5-15(13,14)10-8(4)7(3)9(11)12/h6-8,10H,5H2,1-4H3,(H,11,12). The predicted molar refractivity (Wildman–Crippen MR) is 58.0 cm³/mol. The minimum atomic E-state index is -3.37. The van der Waals surface area contributed by atoms with Crippen molar-refractivity contribution in [1.29, 1.82) is 0 Å². The van der Waals surface area contributed by atoms with E-state index in [1.807, 2.05) is 0 Å². The molecule has 2 unspecified atom stereocenters. The smallest absolute Gasteiger partial charge is 0.307 e. The molecule has 0 aliphatic carbocycles. The van der Waals surface area contributed by atoms with Crippen molar-refractivity contribution in [2.24, 2.45) is 11.8 Å². The summed E-state index contributed by atoms with van der Waals surface area (Å²) in [4.78, 5) is 10.6. The Morgan fingerprint density at radius 1 is 1.27 bits per heavy atom. The van der Waals surface area contributed by atoms with Crippen molar-refractivity contribution in [2.45, 2.75) is 33.7 Å². The Hall–Kier alpha value is -0.620. The first-order valence-electron chi connectivity index (χ1n) is 4.88. The highest BCUT2D eigenvalue weighted by Gasteiger charge is 2.24. The molecule has 0 aliphatic heterocycles. The van der Waals surface area contributed by atoms with Gasteiger partial charge in [-0.05, 0) is 12.8 Å². The molecule has 0 rings (SSSR count). The first-order chi connectivity index (χ1) is 6.65. The van der Waals surface area contributed by atoms with Gasteiger partial charge in [-0.15, -0.1) is 0 Å². The zero-order chi connectivity index (χ0) is 12.2. The Bertz CT molecular complexity index is 310. The van der Waals surface area contributed by atoms with E-state index in [1.165, 1.54) is 6.92 Å². The number of hydrogen-bond donors (Lipinski definition) is 2. The van der Waals surface area contributed by atoms with Gasteiger partial charge >= 0.3 is 5.97 Å². The lowest BCUT2D eigenvalue weighted by atomic mass is 10.1. The zero-order valence-corrected chi connectivity index (χ0v) is 10.3. The van der Waals surface area contributed by atoms with Crippen LogP contribution in [0, 0.1) is 11.8 Å². The summed E-state index contributed by atoms with van der Waals surface area (Å²) in [6, 6.07) is -0.591. The summed E-state index contributed by atoms with van der Waals surface area (Å²) in [5.41, 5.74) is 0. The maximum atomic E-state index is 11.5. The van der Waals surface area contributed by atoms with Gasteiger partial charge in [0.25, 0.3) is 0 Å². The summed E-state index contributed by atoms with van der Waals surface area (Å²) in [7, 11) is -3.37. The molecule has 0 spiro atoms. The van der Waals surface area contributed by atoms with Crippen molar-refractivity contribution in [1.82, 2.24) is 4.72 Å². The lowest BCUT2D eigenvalue weighted by Gasteiger charge is -2.18. The number of sulfonamides is 1. The first-order valence-corrected chi connectivity index (χ1v) is 6.53. The van der Waals surface area contributed by atoms with Crippen molar-refractivity contribution in [3.8, 4) is 0 Å². The van der Waals surface area contributed by atoms with Gasteiger partial charge < -0.3 is 5.11 Å². The maximum absolute atomic E-state index is 11.5. The summed E-state index contributed by atoms with van der Waals surface area (Å²) in [6.07, 6.45) is 0. The molecule has 0 saturated heterocycles. The second kappa shape index (κ2) is 5.46. The van der Waals surface area contributed by atoms with Crippen LogP contribution in [-0.2, 0) is 14.8 Å². The fourth-order valence-corrected chi connectivity index (χ4v) is 2.83. The summed E-state index contributed by atoms with van der Waals surface area (Å²) < 4.78 is 25.3. The Morgan fingerprint density at radius 3 is 2.07 bits per heavy atom. The monoisotopic (exact) mass is 237 g/mol. The number of nitrogens with one attached hydrogen (secondary N) is 1. The first kappa shape index (κ1) is 14.4. The van der Waals surface area contributed by atoms with E-state index in [9.17, 15) is 13.2 Å². The van der Waals surface area contributed by atoms with Gasteiger partial charge in [0.05, 0.1) is 11.7 Å². The van der Waals surface area contributed by atoms with E-state index < -0.39 is 28.0 Å². The molecule has 0 radical (unpaired) electrons. The topological polar surface area (TPSA) is 83.5 Å². The number of aliphatic carboxylic acids is 1. The van der Waals surface area contributed by atoms with Crippen LogP contribution in [0.4, 0.5) is 0 Å². The van der Waals surface area contributed by atoms with E-state index in [0.29, 0.717) is 0 Å². The second-order valence-electron chi connectivity index (χ2n) is 4.21. The van der Waals surface area contributed by atoms with Crippen LogP contribution in [-0.4, -0.2) is 31.3 Å². The van der Waals surface area contributed by atoms with Gasteiger partial charge in [-0.1, -0.05) is 20.8 Å². The molecule has 5 nitrogen and oxygen atoms in total. The molecule has 0 aliphatic rings. The molecule has 0 bridgehead atoms. The van der Waals surface area contributed by atoms with E-state index in [1.54, 1.807) is 20.8 Å². The molecule has 0 amide bonds.